The van der Waals surface area contributed by atoms with Gasteiger partial charge in [0.2, 0.25) is 5.91 Å². The Labute approximate surface area is 173 Å². The van der Waals surface area contributed by atoms with Crippen LogP contribution >= 0.6 is 0 Å². The van der Waals surface area contributed by atoms with Gasteiger partial charge in [-0.15, -0.1) is 0 Å². The van der Waals surface area contributed by atoms with Crippen molar-refractivity contribution in [2.45, 2.75) is 38.6 Å². The molecular weight excluding hydrogens is 392 g/mol. The number of hydrogen-bond acceptors (Lipinski definition) is 3. The number of carbonyl (C=O) groups excluding carboxylic acids is 3. The van der Waals surface area contributed by atoms with Crippen molar-refractivity contribution in [2.24, 2.45) is 0 Å². The lowest BCUT2D eigenvalue weighted by atomic mass is 9.84. The van der Waals surface area contributed by atoms with E-state index in [0.29, 0.717) is 5.56 Å². The Bertz CT molecular complexity index is 1020. The molecule has 2 aromatic rings. The number of hydrogen-bond donors (Lipinski definition) is 2. The molecule has 1 atom stereocenters. The van der Waals surface area contributed by atoms with E-state index in [1.165, 1.54) is 0 Å². The van der Waals surface area contributed by atoms with E-state index in [9.17, 15) is 23.2 Å². The maximum Gasteiger partial charge on any atom is 0.325 e. The summed E-state index contributed by atoms with van der Waals surface area (Å²) in [4.78, 5) is 38.4. The number of amides is 4. The Kier molecular flexibility index (Phi) is 5.36. The molecule has 0 bridgehead atoms. The summed E-state index contributed by atoms with van der Waals surface area (Å²) in [7, 11) is 0. The number of halogens is 2. The first kappa shape index (κ1) is 21.4. The van der Waals surface area contributed by atoms with Gasteiger partial charge in [0.25, 0.3) is 5.91 Å². The van der Waals surface area contributed by atoms with Crippen LogP contribution in [0.2, 0.25) is 0 Å². The molecule has 0 aromatic heterocycles. The van der Waals surface area contributed by atoms with E-state index in [0.717, 1.165) is 28.7 Å². The van der Waals surface area contributed by atoms with Crippen LogP contribution in [0.3, 0.4) is 0 Å². The fourth-order valence-corrected chi connectivity index (χ4v) is 3.27. The van der Waals surface area contributed by atoms with Crippen LogP contribution in [-0.4, -0.2) is 29.3 Å². The third-order valence-electron chi connectivity index (χ3n) is 5.11. The van der Waals surface area contributed by atoms with E-state index in [-0.39, 0.29) is 11.1 Å². The fraction of sp³-hybridized carbons (Fsp3) is 0.318. The predicted molar refractivity (Wildman–Crippen MR) is 108 cm³/mol. The Morgan fingerprint density at radius 2 is 1.73 bits per heavy atom. The van der Waals surface area contributed by atoms with Gasteiger partial charge < -0.3 is 10.6 Å². The molecule has 0 saturated carbocycles. The van der Waals surface area contributed by atoms with E-state index in [2.05, 4.69) is 31.4 Å². The summed E-state index contributed by atoms with van der Waals surface area (Å²) >= 11 is 0. The number of anilines is 1. The molecule has 1 aliphatic rings. The van der Waals surface area contributed by atoms with E-state index < -0.39 is 41.6 Å². The number of benzene rings is 2. The molecule has 1 fully saturated rings. The normalized spacial score (nSPS) is 19.1. The second kappa shape index (κ2) is 7.51. The third kappa shape index (κ3) is 4.03. The minimum atomic E-state index is -1.34. The summed E-state index contributed by atoms with van der Waals surface area (Å²) < 4.78 is 27.0. The fourth-order valence-electron chi connectivity index (χ4n) is 3.27. The summed E-state index contributed by atoms with van der Waals surface area (Å²) in [5.74, 6) is -2.99. The molecule has 0 spiro atoms. The molecule has 2 N–H and O–H groups in total. The molecule has 1 saturated heterocycles. The third-order valence-corrected chi connectivity index (χ3v) is 5.11. The minimum Gasteiger partial charge on any atom is -0.322 e. The van der Waals surface area contributed by atoms with Crippen LogP contribution < -0.4 is 10.6 Å². The van der Waals surface area contributed by atoms with E-state index in [4.69, 9.17) is 0 Å². The maximum atomic E-state index is 13.7. The summed E-state index contributed by atoms with van der Waals surface area (Å²) in [5, 5.41) is 4.80. The van der Waals surface area contributed by atoms with Crippen LogP contribution in [0.1, 0.15) is 38.8 Å². The average Bonchev–Trinajstić information content (AvgIpc) is 2.88. The van der Waals surface area contributed by atoms with E-state index >= 15 is 0 Å². The average molecular weight is 415 g/mol. The molecular formula is C22H23F2N3O3. The van der Waals surface area contributed by atoms with Gasteiger partial charge in [0, 0.05) is 6.07 Å². The summed E-state index contributed by atoms with van der Waals surface area (Å²) in [6.07, 6.45) is 0. The van der Waals surface area contributed by atoms with Gasteiger partial charge in [-0.1, -0.05) is 45.0 Å². The number of carbonyl (C=O) groups is 3. The summed E-state index contributed by atoms with van der Waals surface area (Å²) in [5.41, 5.74) is -0.128. The smallest absolute Gasteiger partial charge is 0.322 e. The van der Waals surface area contributed by atoms with Gasteiger partial charge >= 0.3 is 6.03 Å². The molecule has 3 rings (SSSR count). The Hall–Kier alpha value is -3.29. The summed E-state index contributed by atoms with van der Waals surface area (Å²) in [6, 6.07) is 9.19. The van der Waals surface area contributed by atoms with Gasteiger partial charge in [0.05, 0.1) is 5.69 Å². The second-order valence-electron chi connectivity index (χ2n) is 8.45. The Morgan fingerprint density at radius 3 is 2.33 bits per heavy atom. The highest BCUT2D eigenvalue weighted by Gasteiger charge is 2.49. The number of imide groups is 1. The predicted octanol–water partition coefficient (Wildman–Crippen LogP) is 3.67. The highest BCUT2D eigenvalue weighted by atomic mass is 19.1. The first-order chi connectivity index (χ1) is 13.9. The SMILES string of the molecule is CC(C)(C)c1ccc(C2(C)NC(=O)N(CC(=O)Nc3cc(F)ccc3F)C2=O)cc1. The molecule has 1 aliphatic heterocycles. The van der Waals surface area contributed by atoms with Crippen molar-refractivity contribution in [3.8, 4) is 0 Å². The number of nitrogens with zero attached hydrogens (tertiary/aromatic N) is 1. The molecule has 6 nitrogen and oxygen atoms in total. The maximum absolute atomic E-state index is 13.7. The van der Waals surface area contributed by atoms with Crippen LogP contribution in [0.25, 0.3) is 0 Å². The monoisotopic (exact) mass is 415 g/mol. The standard InChI is InChI=1S/C22H23F2N3O3/c1-21(2,3)13-5-7-14(8-6-13)22(4)19(29)27(20(30)26-22)12-18(28)25-17-11-15(23)9-10-16(17)24/h5-11H,12H2,1-4H3,(H,25,28)(H,26,30). The first-order valence-corrected chi connectivity index (χ1v) is 9.42. The van der Waals surface area contributed by atoms with Crippen LogP contribution in [0.5, 0.6) is 0 Å². The quantitative estimate of drug-likeness (QED) is 0.748. The van der Waals surface area contributed by atoms with E-state index in [1.807, 2.05) is 12.1 Å². The van der Waals surface area contributed by atoms with Gasteiger partial charge in [-0.3, -0.25) is 14.5 Å². The molecule has 1 unspecified atom stereocenters. The van der Waals surface area contributed by atoms with Gasteiger partial charge in [-0.25, -0.2) is 13.6 Å². The zero-order chi connectivity index (χ0) is 22.3. The number of rotatable bonds is 4. The van der Waals surface area contributed by atoms with Crippen molar-refractivity contribution in [2.75, 3.05) is 11.9 Å². The highest BCUT2D eigenvalue weighted by Crippen LogP contribution is 2.31. The molecule has 158 valence electrons. The highest BCUT2D eigenvalue weighted by molar-refractivity contribution is 6.10. The van der Waals surface area contributed by atoms with Crippen LogP contribution in [0.15, 0.2) is 42.5 Å². The van der Waals surface area contributed by atoms with Gasteiger partial charge in [0.1, 0.15) is 23.7 Å². The van der Waals surface area contributed by atoms with Crippen molar-refractivity contribution in [3.63, 3.8) is 0 Å². The van der Waals surface area contributed by atoms with Crippen LogP contribution in [0, 0.1) is 11.6 Å². The molecule has 1 heterocycles. The lowest BCUT2D eigenvalue weighted by Gasteiger charge is -2.24. The van der Waals surface area contributed by atoms with Gasteiger partial charge in [-0.2, -0.15) is 0 Å². The number of nitrogens with one attached hydrogen (secondary N) is 2. The molecule has 30 heavy (non-hydrogen) atoms. The van der Waals surface area contributed by atoms with Crippen molar-refractivity contribution in [1.29, 1.82) is 0 Å². The second-order valence-corrected chi connectivity index (χ2v) is 8.45. The Balaban J connectivity index is 1.77. The van der Waals surface area contributed by atoms with Gasteiger partial charge in [0.15, 0.2) is 0 Å². The Morgan fingerprint density at radius 1 is 1.10 bits per heavy atom. The lowest BCUT2D eigenvalue weighted by Crippen LogP contribution is -2.42. The van der Waals surface area contributed by atoms with Crippen molar-refractivity contribution in [1.82, 2.24) is 10.2 Å². The van der Waals surface area contributed by atoms with Crippen molar-refractivity contribution >= 4 is 23.5 Å². The molecule has 0 radical (unpaired) electrons. The number of urea groups is 1. The topological polar surface area (TPSA) is 78.5 Å². The largest absolute Gasteiger partial charge is 0.325 e. The minimum absolute atomic E-state index is 0.0708. The summed E-state index contributed by atoms with van der Waals surface area (Å²) in [6.45, 7) is 7.12. The molecule has 2 aromatic carbocycles. The molecule has 4 amide bonds. The lowest BCUT2D eigenvalue weighted by molar-refractivity contribution is -0.133. The van der Waals surface area contributed by atoms with Crippen molar-refractivity contribution in [3.05, 3.63) is 65.2 Å². The molecule has 0 aliphatic carbocycles. The zero-order valence-electron chi connectivity index (χ0n) is 17.2. The van der Waals surface area contributed by atoms with E-state index in [1.54, 1.807) is 19.1 Å². The first-order valence-electron chi connectivity index (χ1n) is 9.42. The van der Waals surface area contributed by atoms with Crippen LogP contribution in [0.4, 0.5) is 19.3 Å². The van der Waals surface area contributed by atoms with Crippen LogP contribution in [-0.2, 0) is 20.5 Å². The zero-order valence-corrected chi connectivity index (χ0v) is 17.2. The van der Waals surface area contributed by atoms with Gasteiger partial charge in [-0.05, 0) is 35.6 Å². The van der Waals surface area contributed by atoms with Crippen molar-refractivity contribution < 1.29 is 23.2 Å². The molecule has 8 heteroatoms.